The number of hydrogen-bond donors (Lipinski definition) is 2. The minimum Gasteiger partial charge on any atom is -0.490 e. The van der Waals surface area contributed by atoms with E-state index in [1.165, 1.54) is 6.33 Å². The molecular weight excluding hydrogens is 537 g/mol. The number of allylic oxidation sites excluding steroid dienone is 1. The Balaban J connectivity index is 1.49. The van der Waals surface area contributed by atoms with Crippen LogP contribution in [-0.2, 0) is 11.4 Å². The molecule has 0 radical (unpaired) electrons. The van der Waals surface area contributed by atoms with Gasteiger partial charge in [0.25, 0.3) is 5.91 Å². The molecule has 0 spiro atoms. The number of fused-ring (bicyclic) bond motifs is 1. The van der Waals surface area contributed by atoms with E-state index in [2.05, 4.69) is 20.7 Å². The van der Waals surface area contributed by atoms with E-state index in [0.717, 1.165) is 22.4 Å². The van der Waals surface area contributed by atoms with Crippen LogP contribution in [0.1, 0.15) is 36.6 Å². The molecule has 0 fully saturated rings. The van der Waals surface area contributed by atoms with Gasteiger partial charge in [-0.25, -0.2) is 4.68 Å². The lowest BCUT2D eigenvalue weighted by Crippen LogP contribution is -2.31. The largest absolute Gasteiger partial charge is 0.490 e. The molecule has 1 amide bonds. The van der Waals surface area contributed by atoms with Gasteiger partial charge in [-0.05, 0) is 62.2 Å². The van der Waals surface area contributed by atoms with E-state index < -0.39 is 6.04 Å². The smallest absolute Gasteiger partial charge is 0.255 e. The summed E-state index contributed by atoms with van der Waals surface area (Å²) in [5, 5.41) is 11.8. The molecule has 2 N–H and O–H groups in total. The van der Waals surface area contributed by atoms with Gasteiger partial charge >= 0.3 is 0 Å². The summed E-state index contributed by atoms with van der Waals surface area (Å²) in [6.07, 6.45) is 1.46. The highest BCUT2D eigenvalue weighted by atomic mass is 35.5. The fourth-order valence-electron chi connectivity index (χ4n) is 4.47. The Morgan fingerprint density at radius 2 is 1.87 bits per heavy atom. The van der Waals surface area contributed by atoms with Crippen LogP contribution in [-0.4, -0.2) is 27.3 Å². The molecule has 3 aromatic carbocycles. The van der Waals surface area contributed by atoms with Crippen molar-refractivity contribution in [3.05, 3.63) is 105 Å². The van der Waals surface area contributed by atoms with Gasteiger partial charge in [-0.3, -0.25) is 4.79 Å². The number of para-hydroxylation sites is 1. The van der Waals surface area contributed by atoms with E-state index in [1.807, 2.05) is 69.3 Å². The maximum atomic E-state index is 13.7. The van der Waals surface area contributed by atoms with Crippen molar-refractivity contribution in [1.29, 1.82) is 0 Å². The number of amides is 1. The van der Waals surface area contributed by atoms with Crippen molar-refractivity contribution in [2.75, 3.05) is 17.2 Å². The topological polar surface area (TPSA) is 90.3 Å². The maximum absolute atomic E-state index is 13.7. The molecule has 10 heteroatoms. The van der Waals surface area contributed by atoms with Gasteiger partial charge in [-0.2, -0.15) is 10.1 Å². The Bertz CT molecular complexity index is 1570. The van der Waals surface area contributed by atoms with Gasteiger partial charge in [0.1, 0.15) is 19.0 Å². The lowest BCUT2D eigenvalue weighted by Gasteiger charge is -2.29. The number of hydrogen-bond acceptors (Lipinski definition) is 6. The lowest BCUT2D eigenvalue weighted by atomic mass is 9.94. The second-order valence-electron chi connectivity index (χ2n) is 9.03. The van der Waals surface area contributed by atoms with E-state index >= 15 is 0 Å². The van der Waals surface area contributed by atoms with Crippen molar-refractivity contribution < 1.29 is 14.3 Å². The summed E-state index contributed by atoms with van der Waals surface area (Å²) in [6.45, 7) is 6.37. The highest BCUT2D eigenvalue weighted by molar-refractivity contribution is 6.35. The highest BCUT2D eigenvalue weighted by Gasteiger charge is 2.34. The van der Waals surface area contributed by atoms with Crippen LogP contribution in [0.2, 0.25) is 10.0 Å². The van der Waals surface area contributed by atoms with Gasteiger partial charge in [0.2, 0.25) is 5.95 Å². The lowest BCUT2D eigenvalue weighted by molar-refractivity contribution is -0.113. The zero-order chi connectivity index (χ0) is 27.5. The second-order valence-corrected chi connectivity index (χ2v) is 9.87. The molecule has 0 unspecified atom stereocenters. The minimum absolute atomic E-state index is 0.235. The van der Waals surface area contributed by atoms with Gasteiger partial charge in [0, 0.05) is 27.0 Å². The van der Waals surface area contributed by atoms with Crippen LogP contribution in [0, 0.1) is 6.92 Å². The van der Waals surface area contributed by atoms with Crippen LogP contribution in [0.3, 0.4) is 0 Å². The van der Waals surface area contributed by atoms with Crippen LogP contribution in [0.15, 0.2) is 78.3 Å². The Morgan fingerprint density at radius 1 is 1.05 bits per heavy atom. The summed E-state index contributed by atoms with van der Waals surface area (Å²) in [5.41, 5.74) is 4.49. The molecule has 0 bridgehead atoms. The fourth-order valence-corrected chi connectivity index (χ4v) is 4.94. The van der Waals surface area contributed by atoms with E-state index in [1.54, 1.807) is 16.8 Å². The molecule has 39 heavy (non-hydrogen) atoms. The summed E-state index contributed by atoms with van der Waals surface area (Å²) in [7, 11) is 0. The zero-order valence-electron chi connectivity index (χ0n) is 21.7. The monoisotopic (exact) mass is 563 g/mol. The van der Waals surface area contributed by atoms with Crippen LogP contribution >= 0.6 is 23.2 Å². The number of aryl methyl sites for hydroxylation is 1. The molecule has 200 valence electrons. The van der Waals surface area contributed by atoms with Crippen molar-refractivity contribution in [1.82, 2.24) is 14.8 Å². The number of carbonyl (C=O) groups is 1. The van der Waals surface area contributed by atoms with Crippen molar-refractivity contribution >= 4 is 40.7 Å². The van der Waals surface area contributed by atoms with E-state index in [0.29, 0.717) is 45.4 Å². The third kappa shape index (κ3) is 5.57. The number of anilines is 2. The first-order valence-corrected chi connectivity index (χ1v) is 13.2. The van der Waals surface area contributed by atoms with E-state index in [-0.39, 0.29) is 12.5 Å². The summed E-state index contributed by atoms with van der Waals surface area (Å²) >= 11 is 12.4. The van der Waals surface area contributed by atoms with Crippen LogP contribution in [0.25, 0.3) is 0 Å². The molecule has 5 rings (SSSR count). The van der Waals surface area contributed by atoms with Gasteiger partial charge < -0.3 is 20.1 Å². The predicted octanol–water partition coefficient (Wildman–Crippen LogP) is 6.80. The van der Waals surface area contributed by atoms with Gasteiger partial charge in [0.05, 0.1) is 12.2 Å². The summed E-state index contributed by atoms with van der Waals surface area (Å²) < 4.78 is 13.7. The number of rotatable bonds is 8. The number of carbonyl (C=O) groups excluding carboxylic acids is 1. The summed E-state index contributed by atoms with van der Waals surface area (Å²) in [5.74, 6) is 1.39. The maximum Gasteiger partial charge on any atom is 0.255 e. The standard InChI is InChI=1S/C29H27Cl2N5O3/c1-4-38-25-13-19(10-12-24(25)39-15-20-9-11-21(30)14-22(20)31)27-26(18(3)34-29-32-16-33-36(27)29)28(37)35-23-8-6-5-7-17(23)2/h5-14,16,27H,4,15H2,1-3H3,(H,35,37)(H,32,33,34)/t27-/m0/s1. The average molecular weight is 564 g/mol. The molecule has 1 aliphatic rings. The molecule has 0 saturated heterocycles. The summed E-state index contributed by atoms with van der Waals surface area (Å²) in [4.78, 5) is 18.0. The molecule has 1 atom stereocenters. The molecular formula is C29H27Cl2N5O3. The number of aromatic nitrogens is 3. The third-order valence-corrected chi connectivity index (χ3v) is 7.00. The van der Waals surface area contributed by atoms with Crippen molar-refractivity contribution in [2.24, 2.45) is 0 Å². The van der Waals surface area contributed by atoms with Gasteiger partial charge in [0.15, 0.2) is 11.5 Å². The number of benzene rings is 3. The Labute approximate surface area is 236 Å². The van der Waals surface area contributed by atoms with Crippen molar-refractivity contribution in [2.45, 2.75) is 33.4 Å². The average Bonchev–Trinajstić information content (AvgIpc) is 3.37. The highest BCUT2D eigenvalue weighted by Crippen LogP contribution is 2.39. The Hall–Kier alpha value is -4.01. The molecule has 1 aromatic heterocycles. The summed E-state index contributed by atoms with van der Waals surface area (Å²) in [6, 6.07) is 18.0. The van der Waals surface area contributed by atoms with Crippen molar-refractivity contribution in [3.63, 3.8) is 0 Å². The Morgan fingerprint density at radius 3 is 2.64 bits per heavy atom. The SMILES string of the molecule is CCOc1cc([C@H]2C(C(=O)Nc3ccccc3C)=C(C)Nc3ncnn32)ccc1OCc1ccc(Cl)cc1Cl. The van der Waals surface area contributed by atoms with E-state index in [4.69, 9.17) is 32.7 Å². The van der Waals surface area contributed by atoms with Crippen LogP contribution < -0.4 is 20.1 Å². The van der Waals surface area contributed by atoms with Gasteiger partial charge in [-0.1, -0.05) is 53.5 Å². The first-order chi connectivity index (χ1) is 18.9. The molecule has 2 heterocycles. The first-order valence-electron chi connectivity index (χ1n) is 12.4. The van der Waals surface area contributed by atoms with Crippen LogP contribution in [0.4, 0.5) is 11.6 Å². The number of halogens is 2. The molecule has 8 nitrogen and oxygen atoms in total. The second kappa shape index (κ2) is 11.4. The number of nitrogens with one attached hydrogen (secondary N) is 2. The first kappa shape index (κ1) is 26.6. The zero-order valence-corrected chi connectivity index (χ0v) is 23.2. The normalized spacial score (nSPS) is 14.4. The van der Waals surface area contributed by atoms with Crippen molar-refractivity contribution in [3.8, 4) is 11.5 Å². The quantitative estimate of drug-likeness (QED) is 0.245. The molecule has 4 aromatic rings. The molecule has 0 aliphatic carbocycles. The Kier molecular flexibility index (Phi) is 7.77. The van der Waals surface area contributed by atoms with E-state index in [9.17, 15) is 4.79 Å². The molecule has 0 saturated carbocycles. The fraction of sp³-hybridized carbons (Fsp3) is 0.207. The number of nitrogens with zero attached hydrogens (tertiary/aromatic N) is 3. The molecule has 1 aliphatic heterocycles. The van der Waals surface area contributed by atoms with Gasteiger partial charge in [-0.15, -0.1) is 0 Å². The minimum atomic E-state index is -0.549. The van der Waals surface area contributed by atoms with Crippen LogP contribution in [0.5, 0.6) is 11.5 Å². The third-order valence-electron chi connectivity index (χ3n) is 6.41. The number of ether oxygens (including phenoxy) is 2. The predicted molar refractivity (Wildman–Crippen MR) is 153 cm³/mol.